The molecule has 16 heavy (non-hydrogen) atoms. The maximum atomic E-state index is 4.37. The van der Waals surface area contributed by atoms with Crippen molar-refractivity contribution in [2.24, 2.45) is 5.92 Å². The highest BCUT2D eigenvalue weighted by Gasteiger charge is 2.31. The molecule has 2 atom stereocenters. The van der Waals surface area contributed by atoms with Gasteiger partial charge in [-0.25, -0.2) is 4.98 Å². The third-order valence-electron chi connectivity index (χ3n) is 3.67. The van der Waals surface area contributed by atoms with Gasteiger partial charge in [0.15, 0.2) is 0 Å². The molecule has 2 unspecified atom stereocenters. The first-order valence-corrected chi connectivity index (χ1v) is 6.60. The van der Waals surface area contributed by atoms with Crippen LogP contribution in [0.4, 0.5) is 0 Å². The van der Waals surface area contributed by atoms with Gasteiger partial charge in [-0.15, -0.1) is 0 Å². The average molecular weight is 279 g/mol. The first kappa shape index (κ1) is 10.5. The minimum absolute atomic E-state index is 0.618. The third-order valence-corrected chi connectivity index (χ3v) is 4.50. The van der Waals surface area contributed by atoms with Crippen LogP contribution in [0.2, 0.25) is 0 Å². The van der Waals surface area contributed by atoms with Gasteiger partial charge in [-0.2, -0.15) is 0 Å². The number of nitrogens with one attached hydrogen (secondary N) is 1. The minimum atomic E-state index is 0.618. The summed E-state index contributed by atoms with van der Waals surface area (Å²) in [5, 5.41) is 3.47. The van der Waals surface area contributed by atoms with Crippen molar-refractivity contribution in [2.45, 2.75) is 25.8 Å². The summed E-state index contributed by atoms with van der Waals surface area (Å²) in [6.45, 7) is 3.29. The second-order valence-corrected chi connectivity index (χ2v) is 5.51. The molecular formula is C13H15BrN2. The number of hydrogen-bond donors (Lipinski definition) is 1. The molecule has 2 aliphatic rings. The number of allylic oxidation sites excluding steroid dienone is 1. The molecule has 0 saturated carbocycles. The summed E-state index contributed by atoms with van der Waals surface area (Å²) in [5.41, 5.74) is 3.95. The number of fused-ring (bicyclic) bond motifs is 1. The van der Waals surface area contributed by atoms with Gasteiger partial charge >= 0.3 is 0 Å². The Balaban J connectivity index is 1.91. The smallest absolute Gasteiger partial charge is 0.109 e. The quantitative estimate of drug-likeness (QED) is 0.799. The Morgan fingerprint density at radius 2 is 2.38 bits per heavy atom. The summed E-state index contributed by atoms with van der Waals surface area (Å²) >= 11 is 3.44. The minimum Gasteiger partial charge on any atom is -0.310 e. The molecule has 1 saturated heterocycles. The van der Waals surface area contributed by atoms with Crippen molar-refractivity contribution >= 4 is 21.5 Å². The molecule has 1 aromatic rings. The van der Waals surface area contributed by atoms with E-state index in [-0.39, 0.29) is 0 Å². The van der Waals surface area contributed by atoms with E-state index in [1.165, 1.54) is 36.1 Å². The fourth-order valence-corrected chi connectivity index (χ4v) is 2.73. The van der Waals surface area contributed by atoms with Gasteiger partial charge in [0, 0.05) is 18.8 Å². The van der Waals surface area contributed by atoms with Crippen LogP contribution in [-0.2, 0) is 0 Å². The summed E-state index contributed by atoms with van der Waals surface area (Å²) in [5.74, 6) is 0.883. The summed E-state index contributed by atoms with van der Waals surface area (Å²) in [6, 6.07) is 2.84. The Kier molecular flexibility index (Phi) is 2.60. The molecule has 3 rings (SSSR count). The summed E-state index contributed by atoms with van der Waals surface area (Å²) in [7, 11) is 0. The SMILES string of the molecule is Cc1cc(C2=CC3NCC3CC2)cnc1Br. The van der Waals surface area contributed by atoms with Crippen LogP contribution in [-0.4, -0.2) is 17.6 Å². The number of halogens is 1. The first-order chi connectivity index (χ1) is 7.74. The maximum Gasteiger partial charge on any atom is 0.109 e. The van der Waals surface area contributed by atoms with Gasteiger partial charge in [0.2, 0.25) is 0 Å². The molecule has 84 valence electrons. The molecule has 2 nitrogen and oxygen atoms in total. The van der Waals surface area contributed by atoms with Gasteiger partial charge in [-0.1, -0.05) is 6.08 Å². The van der Waals surface area contributed by atoms with E-state index in [0.717, 1.165) is 10.5 Å². The van der Waals surface area contributed by atoms with Crippen molar-refractivity contribution in [2.75, 3.05) is 6.54 Å². The van der Waals surface area contributed by atoms with Crippen LogP contribution in [0.3, 0.4) is 0 Å². The van der Waals surface area contributed by atoms with Gasteiger partial charge in [0.25, 0.3) is 0 Å². The second-order valence-electron chi connectivity index (χ2n) is 4.76. The fraction of sp³-hybridized carbons (Fsp3) is 0.462. The van der Waals surface area contributed by atoms with E-state index in [2.05, 4.69) is 45.3 Å². The van der Waals surface area contributed by atoms with Crippen molar-refractivity contribution in [1.82, 2.24) is 10.3 Å². The molecule has 0 amide bonds. The normalized spacial score (nSPS) is 28.0. The molecule has 1 aromatic heterocycles. The Labute approximate surface area is 104 Å². The molecule has 1 N–H and O–H groups in total. The number of hydrogen-bond acceptors (Lipinski definition) is 2. The maximum absolute atomic E-state index is 4.37. The van der Waals surface area contributed by atoms with Crippen LogP contribution in [0.1, 0.15) is 24.0 Å². The molecule has 1 fully saturated rings. The summed E-state index contributed by atoms with van der Waals surface area (Å²) in [6.07, 6.45) is 6.88. The topological polar surface area (TPSA) is 24.9 Å². The van der Waals surface area contributed by atoms with Gasteiger partial charge in [0.05, 0.1) is 0 Å². The predicted molar refractivity (Wildman–Crippen MR) is 69.2 cm³/mol. The summed E-state index contributed by atoms with van der Waals surface area (Å²) < 4.78 is 0.951. The average Bonchev–Trinajstić information content (AvgIpc) is 2.24. The zero-order chi connectivity index (χ0) is 11.1. The van der Waals surface area contributed by atoms with E-state index in [1.54, 1.807) is 0 Å². The lowest BCUT2D eigenvalue weighted by atomic mass is 9.79. The lowest BCUT2D eigenvalue weighted by molar-refractivity contribution is 0.256. The fourth-order valence-electron chi connectivity index (χ4n) is 2.51. The third kappa shape index (κ3) is 1.72. The van der Waals surface area contributed by atoms with E-state index in [1.807, 2.05) is 6.20 Å². The van der Waals surface area contributed by atoms with Crippen molar-refractivity contribution in [3.8, 4) is 0 Å². The van der Waals surface area contributed by atoms with Crippen molar-refractivity contribution in [3.63, 3.8) is 0 Å². The Morgan fingerprint density at radius 3 is 3.00 bits per heavy atom. The lowest BCUT2D eigenvalue weighted by Crippen LogP contribution is -2.52. The highest BCUT2D eigenvalue weighted by molar-refractivity contribution is 9.10. The van der Waals surface area contributed by atoms with Gasteiger partial charge in [-0.05, 0) is 64.4 Å². The summed E-state index contributed by atoms with van der Waals surface area (Å²) in [4.78, 5) is 4.37. The molecule has 0 radical (unpaired) electrons. The highest BCUT2D eigenvalue weighted by atomic mass is 79.9. The van der Waals surface area contributed by atoms with Gasteiger partial charge in [0.1, 0.15) is 4.60 Å². The zero-order valence-corrected chi connectivity index (χ0v) is 10.9. The van der Waals surface area contributed by atoms with Gasteiger partial charge in [-0.3, -0.25) is 0 Å². The number of nitrogens with zero attached hydrogens (tertiary/aromatic N) is 1. The van der Waals surface area contributed by atoms with E-state index in [4.69, 9.17) is 0 Å². The molecule has 2 heterocycles. The van der Waals surface area contributed by atoms with Gasteiger partial charge < -0.3 is 5.32 Å². The van der Waals surface area contributed by atoms with E-state index < -0.39 is 0 Å². The van der Waals surface area contributed by atoms with Crippen LogP contribution in [0, 0.1) is 12.8 Å². The highest BCUT2D eigenvalue weighted by Crippen LogP contribution is 2.34. The Bertz CT molecular complexity index is 453. The molecule has 0 aromatic carbocycles. The van der Waals surface area contributed by atoms with Crippen molar-refractivity contribution < 1.29 is 0 Å². The van der Waals surface area contributed by atoms with Crippen LogP contribution >= 0.6 is 15.9 Å². The zero-order valence-electron chi connectivity index (χ0n) is 9.33. The monoisotopic (exact) mass is 278 g/mol. The molecule has 0 spiro atoms. The largest absolute Gasteiger partial charge is 0.310 e. The van der Waals surface area contributed by atoms with E-state index >= 15 is 0 Å². The Morgan fingerprint density at radius 1 is 1.50 bits per heavy atom. The van der Waals surface area contributed by atoms with E-state index in [9.17, 15) is 0 Å². The number of aryl methyl sites for hydroxylation is 1. The number of pyridine rings is 1. The Hall–Kier alpha value is -0.670. The van der Waals surface area contributed by atoms with Crippen LogP contribution < -0.4 is 5.32 Å². The first-order valence-electron chi connectivity index (χ1n) is 5.80. The van der Waals surface area contributed by atoms with Crippen LogP contribution in [0.15, 0.2) is 22.9 Å². The molecular weight excluding hydrogens is 264 g/mol. The second kappa shape index (κ2) is 3.97. The van der Waals surface area contributed by atoms with Crippen molar-refractivity contribution in [3.05, 3.63) is 34.1 Å². The predicted octanol–water partition coefficient (Wildman–Crippen LogP) is 2.92. The van der Waals surface area contributed by atoms with E-state index in [0.29, 0.717) is 6.04 Å². The van der Waals surface area contributed by atoms with Crippen LogP contribution in [0.5, 0.6) is 0 Å². The lowest BCUT2D eigenvalue weighted by Gasteiger charge is -2.40. The molecule has 0 bridgehead atoms. The van der Waals surface area contributed by atoms with Crippen molar-refractivity contribution in [1.29, 1.82) is 0 Å². The number of rotatable bonds is 1. The molecule has 1 aliphatic heterocycles. The standard InChI is InChI=1S/C13H15BrN2/c1-8-4-11(7-16-13(8)14)9-2-3-10-6-15-12(10)5-9/h4-5,7,10,12,15H,2-3,6H2,1H3. The molecule has 1 aliphatic carbocycles. The molecule has 3 heteroatoms. The van der Waals surface area contributed by atoms with Crippen LogP contribution in [0.25, 0.3) is 5.57 Å². The number of aromatic nitrogens is 1.